The average Bonchev–Trinajstić information content (AvgIpc) is 2.56. The Morgan fingerprint density at radius 1 is 1.35 bits per heavy atom. The number of anilines is 1. The maximum Gasteiger partial charge on any atom is 0.412 e. The van der Waals surface area contributed by atoms with Crippen molar-refractivity contribution in [3.8, 4) is 5.75 Å². The Labute approximate surface area is 137 Å². The molecule has 1 aromatic rings. The molecular weight excluding hydrogens is 296 g/mol. The number of benzene rings is 1. The van der Waals surface area contributed by atoms with Crippen LogP contribution < -0.4 is 10.1 Å². The van der Waals surface area contributed by atoms with E-state index in [-0.39, 0.29) is 6.61 Å². The summed E-state index contributed by atoms with van der Waals surface area (Å²) in [6.45, 7) is 4.86. The number of aliphatic hydroxyl groups is 1. The number of hydrogen-bond donors (Lipinski definition) is 2. The van der Waals surface area contributed by atoms with Gasteiger partial charge in [-0.3, -0.25) is 10.2 Å². The van der Waals surface area contributed by atoms with Crippen molar-refractivity contribution in [2.45, 2.75) is 32.3 Å². The summed E-state index contributed by atoms with van der Waals surface area (Å²) in [5.74, 6) is 0.692. The lowest BCUT2D eigenvalue weighted by molar-refractivity contribution is 0.0366. The molecule has 0 saturated carbocycles. The van der Waals surface area contributed by atoms with Crippen LogP contribution in [0.3, 0.4) is 0 Å². The van der Waals surface area contributed by atoms with Gasteiger partial charge in [-0.1, -0.05) is 12.5 Å². The van der Waals surface area contributed by atoms with Crippen LogP contribution in [0.2, 0.25) is 0 Å². The molecule has 23 heavy (non-hydrogen) atoms. The van der Waals surface area contributed by atoms with E-state index in [1.54, 1.807) is 18.2 Å². The Morgan fingerprint density at radius 2 is 2.13 bits per heavy atom. The fourth-order valence-electron chi connectivity index (χ4n) is 2.69. The summed E-state index contributed by atoms with van der Waals surface area (Å²) in [5, 5.41) is 12.1. The number of nitrogens with zero attached hydrogens (tertiary/aromatic N) is 1. The first-order chi connectivity index (χ1) is 11.2. The van der Waals surface area contributed by atoms with Gasteiger partial charge in [0.2, 0.25) is 0 Å². The lowest BCUT2D eigenvalue weighted by atomic mass is 10.1. The van der Waals surface area contributed by atoms with E-state index in [0.29, 0.717) is 24.6 Å². The van der Waals surface area contributed by atoms with Gasteiger partial charge in [-0.2, -0.15) is 0 Å². The molecule has 1 amide bonds. The fraction of sp³-hybridized carbons (Fsp3) is 0.588. The van der Waals surface area contributed by atoms with E-state index in [1.165, 1.54) is 6.42 Å². The van der Waals surface area contributed by atoms with Gasteiger partial charge in [0.05, 0.1) is 13.2 Å². The highest BCUT2D eigenvalue weighted by Gasteiger charge is 2.19. The summed E-state index contributed by atoms with van der Waals surface area (Å²) >= 11 is 0. The normalized spacial score (nSPS) is 16.6. The number of carbonyl (C=O) groups excluding carboxylic acids is 1. The van der Waals surface area contributed by atoms with Crippen molar-refractivity contribution in [1.29, 1.82) is 0 Å². The summed E-state index contributed by atoms with van der Waals surface area (Å²) in [6.07, 6.45) is 2.50. The number of piperidine rings is 1. The Kier molecular flexibility index (Phi) is 7.16. The van der Waals surface area contributed by atoms with Crippen molar-refractivity contribution >= 4 is 11.8 Å². The van der Waals surface area contributed by atoms with Crippen molar-refractivity contribution < 1.29 is 19.4 Å². The minimum atomic E-state index is -0.560. The first-order valence-electron chi connectivity index (χ1n) is 8.25. The number of hydrogen-bond acceptors (Lipinski definition) is 5. The fourth-order valence-corrected chi connectivity index (χ4v) is 2.69. The van der Waals surface area contributed by atoms with Crippen LogP contribution >= 0.6 is 0 Å². The van der Waals surface area contributed by atoms with Crippen LogP contribution in [-0.4, -0.2) is 55.1 Å². The molecule has 6 nitrogen and oxygen atoms in total. The van der Waals surface area contributed by atoms with E-state index in [2.05, 4.69) is 10.2 Å². The molecule has 2 N–H and O–H groups in total. The van der Waals surface area contributed by atoms with E-state index in [0.717, 1.165) is 25.9 Å². The number of ether oxygens (including phenoxy) is 2. The molecule has 0 radical (unpaired) electrons. The van der Waals surface area contributed by atoms with Crippen LogP contribution in [0, 0.1) is 0 Å². The molecule has 128 valence electrons. The predicted molar refractivity (Wildman–Crippen MR) is 88.9 cm³/mol. The van der Waals surface area contributed by atoms with E-state index < -0.39 is 12.2 Å². The van der Waals surface area contributed by atoms with E-state index >= 15 is 0 Å². The maximum absolute atomic E-state index is 12.0. The lowest BCUT2D eigenvalue weighted by Crippen LogP contribution is -2.40. The molecule has 6 heteroatoms. The van der Waals surface area contributed by atoms with Gasteiger partial charge >= 0.3 is 6.09 Å². The van der Waals surface area contributed by atoms with Crippen LogP contribution in [0.4, 0.5) is 10.5 Å². The second-order valence-electron chi connectivity index (χ2n) is 5.66. The standard InChI is InChI=1S/C17H26N2O4/c1-2-22-15-8-6-7-14(11-15)18-17(21)23-16(13-20)12-19-9-4-3-5-10-19/h6-8,11,16,20H,2-5,9-10,12-13H2,1H3,(H,18,21). The van der Waals surface area contributed by atoms with Crippen molar-refractivity contribution in [3.63, 3.8) is 0 Å². The van der Waals surface area contributed by atoms with Gasteiger partial charge in [0.25, 0.3) is 0 Å². The summed E-state index contributed by atoms with van der Waals surface area (Å²) in [4.78, 5) is 14.2. The quantitative estimate of drug-likeness (QED) is 0.807. The lowest BCUT2D eigenvalue weighted by Gasteiger charge is -2.29. The third kappa shape index (κ3) is 6.08. The molecule has 0 aliphatic carbocycles. The summed E-state index contributed by atoms with van der Waals surface area (Å²) in [6, 6.07) is 7.14. The molecular formula is C17H26N2O4. The number of amides is 1. The molecule has 1 atom stereocenters. The third-order valence-electron chi connectivity index (χ3n) is 3.78. The monoisotopic (exact) mass is 322 g/mol. The van der Waals surface area contributed by atoms with Gasteiger partial charge in [0.15, 0.2) is 0 Å². The molecule has 1 heterocycles. The van der Waals surface area contributed by atoms with Crippen LogP contribution in [0.25, 0.3) is 0 Å². The van der Waals surface area contributed by atoms with Gasteiger partial charge in [-0.15, -0.1) is 0 Å². The number of aliphatic hydroxyl groups excluding tert-OH is 1. The minimum Gasteiger partial charge on any atom is -0.494 e. The van der Waals surface area contributed by atoms with Crippen molar-refractivity contribution in [2.75, 3.05) is 38.2 Å². The highest BCUT2D eigenvalue weighted by Crippen LogP contribution is 2.17. The zero-order chi connectivity index (χ0) is 16.5. The zero-order valence-electron chi connectivity index (χ0n) is 13.7. The molecule has 0 bridgehead atoms. The topological polar surface area (TPSA) is 71.0 Å². The smallest absolute Gasteiger partial charge is 0.412 e. The first kappa shape index (κ1) is 17.6. The third-order valence-corrected chi connectivity index (χ3v) is 3.78. The number of likely N-dealkylation sites (tertiary alicyclic amines) is 1. The number of carbonyl (C=O) groups is 1. The molecule has 0 spiro atoms. The zero-order valence-corrected chi connectivity index (χ0v) is 13.7. The highest BCUT2D eigenvalue weighted by molar-refractivity contribution is 5.84. The van der Waals surface area contributed by atoms with Crippen LogP contribution in [0.1, 0.15) is 26.2 Å². The second kappa shape index (κ2) is 9.37. The van der Waals surface area contributed by atoms with Gasteiger partial charge in [-0.25, -0.2) is 4.79 Å². The van der Waals surface area contributed by atoms with Gasteiger partial charge < -0.3 is 14.6 Å². The van der Waals surface area contributed by atoms with Crippen molar-refractivity contribution in [3.05, 3.63) is 24.3 Å². The van der Waals surface area contributed by atoms with Crippen LogP contribution in [-0.2, 0) is 4.74 Å². The van der Waals surface area contributed by atoms with Crippen LogP contribution in [0.15, 0.2) is 24.3 Å². The minimum absolute atomic E-state index is 0.178. The molecule has 0 aromatic heterocycles. The van der Waals surface area contributed by atoms with Crippen molar-refractivity contribution in [2.24, 2.45) is 0 Å². The van der Waals surface area contributed by atoms with Gasteiger partial charge in [-0.05, 0) is 45.0 Å². The average molecular weight is 322 g/mol. The summed E-state index contributed by atoms with van der Waals surface area (Å²) < 4.78 is 10.7. The summed E-state index contributed by atoms with van der Waals surface area (Å²) in [7, 11) is 0. The van der Waals surface area contributed by atoms with Crippen LogP contribution in [0.5, 0.6) is 5.75 Å². The number of nitrogens with one attached hydrogen (secondary N) is 1. The molecule has 2 rings (SSSR count). The first-order valence-corrected chi connectivity index (χ1v) is 8.25. The van der Waals surface area contributed by atoms with E-state index in [9.17, 15) is 9.90 Å². The molecule has 1 fully saturated rings. The Hall–Kier alpha value is -1.79. The molecule has 1 unspecified atom stereocenters. The maximum atomic E-state index is 12.0. The molecule has 1 aromatic carbocycles. The van der Waals surface area contributed by atoms with E-state index in [1.807, 2.05) is 13.0 Å². The number of rotatable bonds is 7. The second-order valence-corrected chi connectivity index (χ2v) is 5.66. The predicted octanol–water partition coefficient (Wildman–Crippen LogP) is 2.48. The molecule has 1 aliphatic heterocycles. The van der Waals surface area contributed by atoms with Gasteiger partial charge in [0, 0.05) is 18.3 Å². The Balaban J connectivity index is 1.83. The largest absolute Gasteiger partial charge is 0.494 e. The SMILES string of the molecule is CCOc1cccc(NC(=O)OC(CO)CN2CCCCC2)c1. The molecule has 1 aliphatic rings. The van der Waals surface area contributed by atoms with Gasteiger partial charge in [0.1, 0.15) is 11.9 Å². The van der Waals surface area contributed by atoms with E-state index in [4.69, 9.17) is 9.47 Å². The Morgan fingerprint density at radius 3 is 2.83 bits per heavy atom. The highest BCUT2D eigenvalue weighted by atomic mass is 16.6. The summed E-state index contributed by atoms with van der Waals surface area (Å²) in [5.41, 5.74) is 0.607. The molecule has 1 saturated heterocycles. The Bertz CT molecular complexity index is 489. The van der Waals surface area contributed by atoms with Crippen molar-refractivity contribution in [1.82, 2.24) is 4.90 Å².